The van der Waals surface area contributed by atoms with Gasteiger partial charge in [-0.25, -0.2) is 15.0 Å². The highest BCUT2D eigenvalue weighted by Gasteiger charge is 2.22. The third-order valence-electron chi connectivity index (χ3n) is 4.05. The molecule has 1 aliphatic heterocycles. The molecule has 1 N–H and O–H groups in total. The first-order chi connectivity index (χ1) is 10.3. The first kappa shape index (κ1) is 13.8. The molecule has 3 heterocycles. The summed E-state index contributed by atoms with van der Waals surface area (Å²) < 4.78 is 0. The molecule has 0 amide bonds. The zero-order valence-corrected chi connectivity index (χ0v) is 12.6. The van der Waals surface area contributed by atoms with E-state index in [9.17, 15) is 0 Å². The van der Waals surface area contributed by atoms with E-state index in [-0.39, 0.29) is 0 Å². The van der Waals surface area contributed by atoms with E-state index in [4.69, 9.17) is 0 Å². The Balaban J connectivity index is 1.79. The van der Waals surface area contributed by atoms with E-state index in [0.717, 1.165) is 30.4 Å². The van der Waals surface area contributed by atoms with Crippen molar-refractivity contribution < 1.29 is 0 Å². The second kappa shape index (κ2) is 6.08. The van der Waals surface area contributed by atoms with E-state index in [0.29, 0.717) is 5.92 Å². The molecule has 1 unspecified atom stereocenters. The summed E-state index contributed by atoms with van der Waals surface area (Å²) in [5, 5.41) is 3.11. The molecule has 110 valence electrons. The molecule has 2 aromatic heterocycles. The van der Waals surface area contributed by atoms with E-state index in [1.807, 2.05) is 20.2 Å². The summed E-state index contributed by atoms with van der Waals surface area (Å²) in [5.41, 5.74) is 2.37. The summed E-state index contributed by atoms with van der Waals surface area (Å²) in [7, 11) is 1.91. The van der Waals surface area contributed by atoms with Crippen LogP contribution < -0.4 is 10.2 Å². The largest absolute Gasteiger partial charge is 0.373 e. The van der Waals surface area contributed by atoms with Gasteiger partial charge in [-0.05, 0) is 37.5 Å². The van der Waals surface area contributed by atoms with Crippen molar-refractivity contribution in [3.63, 3.8) is 0 Å². The van der Waals surface area contributed by atoms with Gasteiger partial charge in [-0.3, -0.25) is 0 Å². The average molecular weight is 283 g/mol. The monoisotopic (exact) mass is 283 g/mol. The lowest BCUT2D eigenvalue weighted by Gasteiger charge is -2.34. The van der Waals surface area contributed by atoms with E-state index in [1.165, 1.54) is 18.4 Å². The molecule has 0 spiro atoms. The molecule has 5 heteroatoms. The maximum Gasteiger partial charge on any atom is 0.132 e. The smallest absolute Gasteiger partial charge is 0.132 e. The topological polar surface area (TPSA) is 53.9 Å². The summed E-state index contributed by atoms with van der Waals surface area (Å²) >= 11 is 0. The molecule has 1 aliphatic rings. The van der Waals surface area contributed by atoms with Crippen LogP contribution in [-0.2, 0) is 0 Å². The van der Waals surface area contributed by atoms with Gasteiger partial charge in [0.25, 0.3) is 0 Å². The van der Waals surface area contributed by atoms with E-state index in [1.54, 1.807) is 6.33 Å². The maximum atomic E-state index is 4.42. The van der Waals surface area contributed by atoms with Crippen molar-refractivity contribution in [2.75, 3.05) is 30.4 Å². The first-order valence-corrected chi connectivity index (χ1v) is 7.43. The quantitative estimate of drug-likeness (QED) is 0.938. The van der Waals surface area contributed by atoms with Gasteiger partial charge in [0.2, 0.25) is 0 Å². The summed E-state index contributed by atoms with van der Waals surface area (Å²) in [5.74, 6) is 2.50. The predicted octanol–water partition coefficient (Wildman–Crippen LogP) is 2.61. The van der Waals surface area contributed by atoms with Crippen molar-refractivity contribution in [1.82, 2.24) is 15.0 Å². The highest BCUT2D eigenvalue weighted by molar-refractivity contribution is 5.42. The lowest BCUT2D eigenvalue weighted by molar-refractivity contribution is 0.506. The van der Waals surface area contributed by atoms with Crippen molar-refractivity contribution >= 4 is 11.6 Å². The molecular weight excluding hydrogens is 262 g/mol. The highest BCUT2D eigenvalue weighted by atomic mass is 15.2. The number of pyridine rings is 1. The summed E-state index contributed by atoms with van der Waals surface area (Å²) in [6.45, 7) is 4.08. The second-order valence-electron chi connectivity index (χ2n) is 5.53. The Morgan fingerprint density at radius 1 is 1.24 bits per heavy atom. The fourth-order valence-corrected chi connectivity index (χ4v) is 2.91. The number of rotatable bonds is 3. The Hall–Kier alpha value is -2.17. The molecule has 0 bridgehead atoms. The third-order valence-corrected chi connectivity index (χ3v) is 4.05. The number of hydrogen-bond donors (Lipinski definition) is 1. The predicted molar refractivity (Wildman–Crippen MR) is 84.7 cm³/mol. The molecule has 1 atom stereocenters. The van der Waals surface area contributed by atoms with Gasteiger partial charge in [-0.1, -0.05) is 0 Å². The van der Waals surface area contributed by atoms with Gasteiger partial charge in [0, 0.05) is 44.0 Å². The molecule has 3 rings (SSSR count). The van der Waals surface area contributed by atoms with E-state index in [2.05, 4.69) is 43.4 Å². The van der Waals surface area contributed by atoms with Gasteiger partial charge in [0.1, 0.15) is 18.0 Å². The number of aryl methyl sites for hydroxylation is 1. The van der Waals surface area contributed by atoms with Crippen LogP contribution >= 0.6 is 0 Å². The summed E-state index contributed by atoms with van der Waals surface area (Å²) in [6, 6.07) is 6.34. The van der Waals surface area contributed by atoms with Crippen molar-refractivity contribution in [3.05, 3.63) is 42.0 Å². The molecule has 0 aliphatic carbocycles. The lowest BCUT2D eigenvalue weighted by Crippen LogP contribution is -2.35. The zero-order chi connectivity index (χ0) is 14.7. The molecule has 1 fully saturated rings. The maximum absolute atomic E-state index is 4.42. The molecule has 0 saturated carbocycles. The minimum Gasteiger partial charge on any atom is -0.373 e. The zero-order valence-electron chi connectivity index (χ0n) is 12.6. The number of aromatic nitrogens is 3. The van der Waals surface area contributed by atoms with Crippen LogP contribution in [0.15, 0.2) is 30.7 Å². The first-order valence-electron chi connectivity index (χ1n) is 7.43. The van der Waals surface area contributed by atoms with Gasteiger partial charge in [0.05, 0.1) is 0 Å². The Kier molecular flexibility index (Phi) is 3.99. The van der Waals surface area contributed by atoms with Crippen LogP contribution in [0.5, 0.6) is 0 Å². The van der Waals surface area contributed by atoms with E-state index >= 15 is 0 Å². The standard InChI is InChI=1S/C16H21N5/c1-12-8-16(20-11-19-12)21-7-3-4-14(10-21)13-5-6-18-15(9-13)17-2/h5-6,8-9,11,14H,3-4,7,10H2,1-2H3,(H,17,18). The van der Waals surface area contributed by atoms with Crippen molar-refractivity contribution in [3.8, 4) is 0 Å². The van der Waals surface area contributed by atoms with Crippen LogP contribution in [-0.4, -0.2) is 35.1 Å². The highest BCUT2D eigenvalue weighted by Crippen LogP contribution is 2.29. The minimum absolute atomic E-state index is 0.532. The number of hydrogen-bond acceptors (Lipinski definition) is 5. The van der Waals surface area contributed by atoms with Gasteiger partial charge in [-0.15, -0.1) is 0 Å². The van der Waals surface area contributed by atoms with Crippen molar-refractivity contribution in [2.24, 2.45) is 0 Å². The number of anilines is 2. The summed E-state index contributed by atoms with van der Waals surface area (Å²) in [4.78, 5) is 15.3. The Labute approximate surface area is 125 Å². The fourth-order valence-electron chi connectivity index (χ4n) is 2.91. The lowest BCUT2D eigenvalue weighted by atomic mass is 9.91. The molecule has 1 saturated heterocycles. The number of nitrogens with one attached hydrogen (secondary N) is 1. The molecule has 0 aromatic carbocycles. The van der Waals surface area contributed by atoms with Crippen LogP contribution in [0, 0.1) is 6.92 Å². The molecular formula is C16H21N5. The van der Waals surface area contributed by atoms with Gasteiger partial charge >= 0.3 is 0 Å². The van der Waals surface area contributed by atoms with Gasteiger partial charge < -0.3 is 10.2 Å². The third kappa shape index (κ3) is 3.12. The SMILES string of the molecule is CNc1cc(C2CCCN(c3cc(C)ncn3)C2)ccn1. The normalized spacial score (nSPS) is 18.6. The van der Waals surface area contributed by atoms with Crippen LogP contribution in [0.2, 0.25) is 0 Å². The van der Waals surface area contributed by atoms with Crippen molar-refractivity contribution in [1.29, 1.82) is 0 Å². The number of piperidine rings is 1. The Morgan fingerprint density at radius 3 is 2.95 bits per heavy atom. The van der Waals surface area contributed by atoms with Gasteiger partial charge in [-0.2, -0.15) is 0 Å². The summed E-state index contributed by atoms with van der Waals surface area (Å²) in [6.07, 6.45) is 5.94. The molecule has 5 nitrogen and oxygen atoms in total. The minimum atomic E-state index is 0.532. The Bertz CT molecular complexity index is 613. The van der Waals surface area contributed by atoms with Crippen LogP contribution in [0.4, 0.5) is 11.6 Å². The number of nitrogens with zero attached hydrogens (tertiary/aromatic N) is 4. The fraction of sp³-hybridized carbons (Fsp3) is 0.438. The second-order valence-corrected chi connectivity index (χ2v) is 5.53. The average Bonchev–Trinajstić information content (AvgIpc) is 2.55. The van der Waals surface area contributed by atoms with Gasteiger partial charge in [0.15, 0.2) is 0 Å². The Morgan fingerprint density at radius 2 is 2.14 bits per heavy atom. The van der Waals surface area contributed by atoms with Crippen LogP contribution in [0.25, 0.3) is 0 Å². The van der Waals surface area contributed by atoms with E-state index < -0.39 is 0 Å². The van der Waals surface area contributed by atoms with Crippen LogP contribution in [0.1, 0.15) is 30.0 Å². The van der Waals surface area contributed by atoms with Crippen LogP contribution in [0.3, 0.4) is 0 Å². The van der Waals surface area contributed by atoms with Crippen molar-refractivity contribution in [2.45, 2.75) is 25.7 Å². The molecule has 0 radical (unpaired) electrons. The molecule has 21 heavy (non-hydrogen) atoms. The molecule has 2 aromatic rings.